The molecular weight excluding hydrogens is 925 g/mol. The highest BCUT2D eigenvalue weighted by Gasteiger charge is 2.19. The summed E-state index contributed by atoms with van der Waals surface area (Å²) in [5, 5.41) is 0. The van der Waals surface area contributed by atoms with Crippen LogP contribution in [0.1, 0.15) is 355 Å². The molecule has 0 aliphatic carbocycles. The van der Waals surface area contributed by atoms with E-state index in [1.807, 2.05) is 0 Å². The zero-order chi connectivity index (χ0) is 54.3. The molecule has 0 aromatic carbocycles. The number of unbranched alkanes of at least 4 members (excludes halogenated alkanes) is 42. The first kappa shape index (κ1) is 72.4. The maximum absolute atomic E-state index is 12.9. The van der Waals surface area contributed by atoms with Gasteiger partial charge in [0.2, 0.25) is 0 Å². The molecule has 0 aromatic rings. The Balaban J connectivity index is 4.16. The lowest BCUT2D eigenvalue weighted by molar-refractivity contribution is -0.167. The number of carbonyl (C=O) groups is 3. The Morgan fingerprint density at radius 1 is 0.280 bits per heavy atom. The van der Waals surface area contributed by atoms with Crippen molar-refractivity contribution in [2.24, 2.45) is 0 Å². The van der Waals surface area contributed by atoms with Gasteiger partial charge in [-0.05, 0) is 77.0 Å². The second-order valence-electron chi connectivity index (χ2n) is 22.4. The zero-order valence-corrected chi connectivity index (χ0v) is 50.3. The average Bonchev–Trinajstić information content (AvgIpc) is 3.41. The van der Waals surface area contributed by atoms with E-state index in [4.69, 9.17) is 14.2 Å². The molecular formula is C69H126O6. The van der Waals surface area contributed by atoms with Gasteiger partial charge in [-0.1, -0.05) is 307 Å². The van der Waals surface area contributed by atoms with Crippen molar-refractivity contribution in [2.75, 3.05) is 13.2 Å². The molecule has 0 spiro atoms. The molecule has 0 radical (unpaired) electrons. The van der Waals surface area contributed by atoms with Crippen molar-refractivity contribution < 1.29 is 28.6 Å². The molecule has 0 aliphatic rings. The van der Waals surface area contributed by atoms with Gasteiger partial charge in [-0.2, -0.15) is 0 Å². The Morgan fingerprint density at radius 3 is 0.840 bits per heavy atom. The molecule has 0 heterocycles. The summed E-state index contributed by atoms with van der Waals surface area (Å²) in [7, 11) is 0. The second kappa shape index (κ2) is 63.9. The van der Waals surface area contributed by atoms with Crippen molar-refractivity contribution in [3.8, 4) is 0 Å². The van der Waals surface area contributed by atoms with Crippen molar-refractivity contribution in [3.05, 3.63) is 48.6 Å². The van der Waals surface area contributed by atoms with Gasteiger partial charge in [0.25, 0.3) is 0 Å². The number of allylic oxidation sites excluding steroid dienone is 8. The predicted octanol–water partition coefficient (Wildman–Crippen LogP) is 22.6. The van der Waals surface area contributed by atoms with Crippen molar-refractivity contribution >= 4 is 17.9 Å². The van der Waals surface area contributed by atoms with E-state index in [0.29, 0.717) is 19.3 Å². The summed E-state index contributed by atoms with van der Waals surface area (Å²) < 4.78 is 16.9. The number of hydrogen-bond acceptors (Lipinski definition) is 6. The summed E-state index contributed by atoms with van der Waals surface area (Å²) in [4.78, 5) is 38.2. The van der Waals surface area contributed by atoms with Gasteiger partial charge in [0, 0.05) is 19.3 Å². The normalized spacial score (nSPS) is 12.3. The van der Waals surface area contributed by atoms with Crippen LogP contribution in [0.25, 0.3) is 0 Å². The topological polar surface area (TPSA) is 78.9 Å². The van der Waals surface area contributed by atoms with Crippen LogP contribution in [0.15, 0.2) is 48.6 Å². The SMILES string of the molecule is CC/C=C\C/C=C\C/C=C\CCCCCCCC(=O)OC(COC(=O)CCCCCCC/C=C\CCCCCC)COC(=O)CCCCCCCCCCCCCCCCCCCCCCCCCCCCCCC. The van der Waals surface area contributed by atoms with Crippen LogP contribution in [-0.2, 0) is 28.6 Å². The Morgan fingerprint density at radius 2 is 0.520 bits per heavy atom. The summed E-state index contributed by atoms with van der Waals surface area (Å²) in [6.45, 7) is 6.54. The minimum atomic E-state index is -0.784. The smallest absolute Gasteiger partial charge is 0.306 e. The quantitative estimate of drug-likeness (QED) is 0.0261. The van der Waals surface area contributed by atoms with E-state index in [0.717, 1.165) is 103 Å². The van der Waals surface area contributed by atoms with Gasteiger partial charge in [0.15, 0.2) is 6.10 Å². The van der Waals surface area contributed by atoms with Gasteiger partial charge in [-0.3, -0.25) is 14.4 Å². The number of esters is 3. The molecule has 1 atom stereocenters. The van der Waals surface area contributed by atoms with Gasteiger partial charge in [-0.25, -0.2) is 0 Å². The van der Waals surface area contributed by atoms with E-state index < -0.39 is 6.10 Å². The lowest BCUT2D eigenvalue weighted by atomic mass is 10.0. The van der Waals surface area contributed by atoms with Gasteiger partial charge < -0.3 is 14.2 Å². The highest BCUT2D eigenvalue weighted by molar-refractivity contribution is 5.71. The molecule has 0 aromatic heterocycles. The van der Waals surface area contributed by atoms with E-state index >= 15 is 0 Å². The molecule has 6 heteroatoms. The fraction of sp³-hybridized carbons (Fsp3) is 0.841. The zero-order valence-electron chi connectivity index (χ0n) is 50.3. The maximum Gasteiger partial charge on any atom is 0.306 e. The van der Waals surface area contributed by atoms with E-state index in [1.165, 1.54) is 212 Å². The Hall–Kier alpha value is -2.63. The Labute approximate surface area is 467 Å². The van der Waals surface area contributed by atoms with Gasteiger partial charge >= 0.3 is 17.9 Å². The third-order valence-corrected chi connectivity index (χ3v) is 14.8. The number of hydrogen-bond donors (Lipinski definition) is 0. The van der Waals surface area contributed by atoms with Crippen LogP contribution >= 0.6 is 0 Å². The molecule has 0 aliphatic heterocycles. The van der Waals surface area contributed by atoms with Crippen LogP contribution in [0.4, 0.5) is 0 Å². The number of rotatable bonds is 61. The maximum atomic E-state index is 12.9. The first-order valence-electron chi connectivity index (χ1n) is 33.1. The standard InChI is InChI=1S/C69H126O6/c1-4-7-10-13-16-19-22-25-27-28-29-30-31-32-33-34-35-36-37-38-39-40-42-44-47-50-53-56-59-62-68(71)74-65-66(64-73-67(70)61-58-55-52-49-46-43-24-21-18-15-12-9-6-3)75-69(72)63-60-57-54-51-48-45-41-26-23-20-17-14-11-8-5-2/h8,11,17,20-21,24,26,41,66H,4-7,9-10,12-16,18-19,22-23,25,27-40,42-65H2,1-3H3/b11-8-,20-17-,24-21-,41-26-. The van der Waals surface area contributed by atoms with Crippen LogP contribution in [0, 0.1) is 0 Å². The molecule has 0 rings (SSSR count). The van der Waals surface area contributed by atoms with E-state index in [9.17, 15) is 14.4 Å². The Kier molecular flexibility index (Phi) is 61.7. The van der Waals surface area contributed by atoms with Crippen LogP contribution in [0.3, 0.4) is 0 Å². The third kappa shape index (κ3) is 62.1. The first-order chi connectivity index (χ1) is 37.0. The largest absolute Gasteiger partial charge is 0.462 e. The third-order valence-electron chi connectivity index (χ3n) is 14.8. The van der Waals surface area contributed by atoms with E-state index in [2.05, 4.69) is 69.4 Å². The number of ether oxygens (including phenoxy) is 3. The second-order valence-corrected chi connectivity index (χ2v) is 22.4. The lowest BCUT2D eigenvalue weighted by Crippen LogP contribution is -2.30. The van der Waals surface area contributed by atoms with E-state index in [-0.39, 0.29) is 31.1 Å². The van der Waals surface area contributed by atoms with Crippen LogP contribution in [-0.4, -0.2) is 37.2 Å². The molecule has 75 heavy (non-hydrogen) atoms. The van der Waals surface area contributed by atoms with Crippen LogP contribution in [0.2, 0.25) is 0 Å². The molecule has 0 amide bonds. The molecule has 0 saturated heterocycles. The lowest BCUT2D eigenvalue weighted by Gasteiger charge is -2.18. The molecule has 0 N–H and O–H groups in total. The average molecular weight is 1050 g/mol. The minimum Gasteiger partial charge on any atom is -0.462 e. The molecule has 0 fully saturated rings. The van der Waals surface area contributed by atoms with Gasteiger partial charge in [0.1, 0.15) is 13.2 Å². The van der Waals surface area contributed by atoms with Crippen molar-refractivity contribution in [1.82, 2.24) is 0 Å². The predicted molar refractivity (Wildman–Crippen MR) is 325 cm³/mol. The summed E-state index contributed by atoms with van der Waals surface area (Å²) >= 11 is 0. The monoisotopic (exact) mass is 1050 g/mol. The molecule has 0 bridgehead atoms. The van der Waals surface area contributed by atoms with Crippen molar-refractivity contribution in [3.63, 3.8) is 0 Å². The number of carbonyl (C=O) groups excluding carboxylic acids is 3. The first-order valence-corrected chi connectivity index (χ1v) is 33.1. The minimum absolute atomic E-state index is 0.0795. The molecule has 1 unspecified atom stereocenters. The Bertz CT molecular complexity index is 1300. The van der Waals surface area contributed by atoms with Crippen LogP contribution in [0.5, 0.6) is 0 Å². The molecule has 6 nitrogen and oxygen atoms in total. The summed E-state index contributed by atoms with van der Waals surface area (Å²) in [5.41, 5.74) is 0. The van der Waals surface area contributed by atoms with Crippen molar-refractivity contribution in [1.29, 1.82) is 0 Å². The fourth-order valence-corrected chi connectivity index (χ4v) is 9.87. The van der Waals surface area contributed by atoms with Gasteiger partial charge in [-0.15, -0.1) is 0 Å². The fourth-order valence-electron chi connectivity index (χ4n) is 9.87. The molecule has 0 saturated carbocycles. The van der Waals surface area contributed by atoms with E-state index in [1.54, 1.807) is 0 Å². The molecule has 438 valence electrons. The summed E-state index contributed by atoms with van der Waals surface area (Å²) in [6, 6.07) is 0. The van der Waals surface area contributed by atoms with Gasteiger partial charge in [0.05, 0.1) is 0 Å². The van der Waals surface area contributed by atoms with Crippen molar-refractivity contribution in [2.45, 2.75) is 361 Å². The summed E-state index contributed by atoms with van der Waals surface area (Å²) in [5.74, 6) is -0.887. The highest BCUT2D eigenvalue weighted by Crippen LogP contribution is 2.18. The summed E-state index contributed by atoms with van der Waals surface area (Å²) in [6.07, 6.45) is 80.0. The van der Waals surface area contributed by atoms with Crippen LogP contribution < -0.4 is 0 Å². The highest BCUT2D eigenvalue weighted by atomic mass is 16.6.